The Kier molecular flexibility index (Phi) is 7.62. The van der Waals surface area contributed by atoms with E-state index in [1.807, 2.05) is 20.8 Å². The Hall–Kier alpha value is -3.08. The van der Waals surface area contributed by atoms with E-state index in [1.165, 1.54) is 18.5 Å². The molecule has 1 aromatic carbocycles. The van der Waals surface area contributed by atoms with E-state index in [0.29, 0.717) is 35.1 Å². The van der Waals surface area contributed by atoms with Gasteiger partial charge in [-0.2, -0.15) is 0 Å². The Morgan fingerprint density at radius 3 is 2.55 bits per heavy atom. The van der Waals surface area contributed by atoms with Crippen LogP contribution in [0.2, 0.25) is 5.02 Å². The normalized spacial score (nSPS) is 11.4. The van der Waals surface area contributed by atoms with Crippen LogP contribution in [0.25, 0.3) is 22.6 Å². The number of hydrogen-bond acceptors (Lipinski definition) is 5. The number of halogens is 2. The Bertz CT molecular complexity index is 1250. The standard InChI is InChI=1S/C25H27ClFN5O/c1-15(2)11-28-12-16-6-7-18(26)22(23(16)27)24-31-19(10-21(33)32-24)17-13-29-20(30-14-17)8-9-25(3,4)5/h6-7,10,13-15,28H,11-12H2,1-5H3,(H,31,32,33). The molecule has 0 unspecified atom stereocenters. The molecule has 0 radical (unpaired) electrons. The van der Waals surface area contributed by atoms with Crippen molar-refractivity contribution in [2.45, 2.75) is 41.2 Å². The topological polar surface area (TPSA) is 83.6 Å². The molecular formula is C25H27ClFN5O. The summed E-state index contributed by atoms with van der Waals surface area (Å²) >= 11 is 6.30. The van der Waals surface area contributed by atoms with Crippen molar-refractivity contribution in [3.63, 3.8) is 0 Å². The second-order valence-corrected chi connectivity index (χ2v) is 9.60. The number of rotatable bonds is 6. The summed E-state index contributed by atoms with van der Waals surface area (Å²) in [5.41, 5.74) is 0.692. The first-order valence-corrected chi connectivity index (χ1v) is 11.1. The van der Waals surface area contributed by atoms with Crippen LogP contribution in [-0.4, -0.2) is 26.5 Å². The van der Waals surface area contributed by atoms with Crippen molar-refractivity contribution >= 4 is 11.6 Å². The van der Waals surface area contributed by atoms with Gasteiger partial charge in [-0.05, 0) is 45.2 Å². The second-order valence-electron chi connectivity index (χ2n) is 9.19. The van der Waals surface area contributed by atoms with Gasteiger partial charge in [0.1, 0.15) is 11.6 Å². The third-order valence-electron chi connectivity index (χ3n) is 4.51. The van der Waals surface area contributed by atoms with Crippen LogP contribution in [0.4, 0.5) is 4.39 Å². The first-order chi connectivity index (χ1) is 15.5. The van der Waals surface area contributed by atoms with E-state index >= 15 is 4.39 Å². The number of aromatic nitrogens is 4. The summed E-state index contributed by atoms with van der Waals surface area (Å²) < 4.78 is 15.3. The van der Waals surface area contributed by atoms with Crippen LogP contribution >= 0.6 is 11.6 Å². The lowest BCUT2D eigenvalue weighted by molar-refractivity contribution is 0.535. The summed E-state index contributed by atoms with van der Waals surface area (Å²) in [6.07, 6.45) is 3.07. The zero-order valence-corrected chi connectivity index (χ0v) is 20.1. The van der Waals surface area contributed by atoms with Crippen molar-refractivity contribution in [1.29, 1.82) is 0 Å². The Morgan fingerprint density at radius 2 is 1.91 bits per heavy atom. The molecule has 0 bridgehead atoms. The summed E-state index contributed by atoms with van der Waals surface area (Å²) in [6, 6.07) is 4.54. The van der Waals surface area contributed by atoms with Gasteiger partial charge in [-0.3, -0.25) is 4.79 Å². The molecule has 0 atom stereocenters. The van der Waals surface area contributed by atoms with Crippen molar-refractivity contribution in [2.24, 2.45) is 11.3 Å². The molecule has 0 aliphatic rings. The first-order valence-electron chi connectivity index (χ1n) is 10.7. The molecule has 2 aromatic heterocycles. The van der Waals surface area contributed by atoms with Crippen molar-refractivity contribution in [1.82, 2.24) is 25.3 Å². The molecule has 8 heteroatoms. The number of aromatic amines is 1. The third kappa shape index (κ3) is 6.70. The van der Waals surface area contributed by atoms with E-state index in [1.54, 1.807) is 12.1 Å². The predicted molar refractivity (Wildman–Crippen MR) is 129 cm³/mol. The molecule has 0 amide bonds. The molecule has 2 heterocycles. The van der Waals surface area contributed by atoms with Gasteiger partial charge in [-0.1, -0.05) is 37.4 Å². The Morgan fingerprint density at radius 1 is 1.21 bits per heavy atom. The molecular weight excluding hydrogens is 441 g/mol. The molecule has 0 fully saturated rings. The molecule has 3 aromatic rings. The van der Waals surface area contributed by atoms with Crippen molar-refractivity contribution in [3.8, 4) is 34.5 Å². The van der Waals surface area contributed by atoms with Gasteiger partial charge in [0.05, 0.1) is 16.3 Å². The number of nitrogens with one attached hydrogen (secondary N) is 2. The lowest BCUT2D eigenvalue weighted by Gasteiger charge is -2.12. The number of benzene rings is 1. The van der Waals surface area contributed by atoms with Gasteiger partial charge in [0.15, 0.2) is 0 Å². The summed E-state index contributed by atoms with van der Waals surface area (Å²) in [6.45, 7) is 11.2. The van der Waals surface area contributed by atoms with Gasteiger partial charge in [0, 0.05) is 41.5 Å². The molecule has 6 nitrogen and oxygen atoms in total. The maximum Gasteiger partial charge on any atom is 0.251 e. The number of hydrogen-bond donors (Lipinski definition) is 2. The lowest BCUT2D eigenvalue weighted by atomic mass is 9.98. The number of H-pyrrole nitrogens is 1. The lowest BCUT2D eigenvalue weighted by Crippen LogP contribution is -2.20. The molecule has 3 rings (SSSR count). The van der Waals surface area contributed by atoms with Gasteiger partial charge in [0.2, 0.25) is 5.82 Å². The highest BCUT2D eigenvalue weighted by molar-refractivity contribution is 6.33. The van der Waals surface area contributed by atoms with E-state index in [4.69, 9.17) is 11.6 Å². The van der Waals surface area contributed by atoms with Crippen LogP contribution < -0.4 is 10.9 Å². The third-order valence-corrected chi connectivity index (χ3v) is 4.83. The zero-order chi connectivity index (χ0) is 24.2. The van der Waals surface area contributed by atoms with Crippen LogP contribution in [0, 0.1) is 29.0 Å². The highest BCUT2D eigenvalue weighted by Gasteiger charge is 2.18. The van der Waals surface area contributed by atoms with Crippen molar-refractivity contribution in [3.05, 3.63) is 63.2 Å². The van der Waals surface area contributed by atoms with Crippen LogP contribution in [0.15, 0.2) is 35.4 Å². The second kappa shape index (κ2) is 10.2. The van der Waals surface area contributed by atoms with Crippen molar-refractivity contribution < 1.29 is 4.39 Å². The van der Waals surface area contributed by atoms with Gasteiger partial charge < -0.3 is 10.3 Å². The van der Waals surface area contributed by atoms with E-state index in [0.717, 1.165) is 6.54 Å². The monoisotopic (exact) mass is 467 g/mol. The van der Waals surface area contributed by atoms with E-state index in [2.05, 4.69) is 50.9 Å². The fourth-order valence-corrected chi connectivity index (χ4v) is 3.17. The van der Waals surface area contributed by atoms with E-state index in [9.17, 15) is 4.79 Å². The quantitative estimate of drug-likeness (QED) is 0.507. The molecule has 0 spiro atoms. The summed E-state index contributed by atoms with van der Waals surface area (Å²) in [7, 11) is 0. The average Bonchev–Trinajstić information content (AvgIpc) is 2.73. The van der Waals surface area contributed by atoms with Gasteiger partial charge in [-0.15, -0.1) is 0 Å². The fourth-order valence-electron chi connectivity index (χ4n) is 2.94. The first kappa shape index (κ1) is 24.6. The van der Waals surface area contributed by atoms with Crippen LogP contribution in [0.1, 0.15) is 46.0 Å². The largest absolute Gasteiger partial charge is 0.312 e. The van der Waals surface area contributed by atoms with Crippen LogP contribution in [-0.2, 0) is 6.54 Å². The van der Waals surface area contributed by atoms with Crippen LogP contribution in [0.5, 0.6) is 0 Å². The highest BCUT2D eigenvalue weighted by atomic mass is 35.5. The SMILES string of the molecule is CC(C)CNCc1ccc(Cl)c(-c2nc(-c3cnc(C#CC(C)(C)C)nc3)cc(=O)[nH]2)c1F. The molecule has 0 aliphatic heterocycles. The average molecular weight is 468 g/mol. The van der Waals surface area contributed by atoms with Crippen LogP contribution in [0.3, 0.4) is 0 Å². The highest BCUT2D eigenvalue weighted by Crippen LogP contribution is 2.31. The smallest absolute Gasteiger partial charge is 0.251 e. The van der Waals surface area contributed by atoms with Gasteiger partial charge in [0.25, 0.3) is 5.56 Å². The minimum atomic E-state index is -0.525. The Labute approximate surface area is 198 Å². The molecule has 0 saturated carbocycles. The van der Waals surface area contributed by atoms with Gasteiger partial charge >= 0.3 is 0 Å². The molecule has 2 N–H and O–H groups in total. The fraction of sp³-hybridized carbons (Fsp3) is 0.360. The minimum absolute atomic E-state index is 0.0438. The summed E-state index contributed by atoms with van der Waals surface area (Å²) in [4.78, 5) is 27.9. The maximum absolute atomic E-state index is 15.3. The summed E-state index contributed by atoms with van der Waals surface area (Å²) in [5.74, 6) is 6.31. The molecule has 33 heavy (non-hydrogen) atoms. The molecule has 172 valence electrons. The van der Waals surface area contributed by atoms with Gasteiger partial charge in [-0.25, -0.2) is 19.3 Å². The minimum Gasteiger partial charge on any atom is -0.312 e. The van der Waals surface area contributed by atoms with Crippen molar-refractivity contribution in [2.75, 3.05) is 6.54 Å². The molecule has 0 aliphatic carbocycles. The number of nitrogens with zero attached hydrogens (tertiary/aromatic N) is 3. The molecule has 0 saturated heterocycles. The predicted octanol–water partition coefficient (Wildman–Crippen LogP) is 4.83. The Balaban J connectivity index is 1.97. The van der Waals surface area contributed by atoms with E-state index < -0.39 is 11.4 Å². The zero-order valence-electron chi connectivity index (χ0n) is 19.4. The summed E-state index contributed by atoms with van der Waals surface area (Å²) in [5, 5.41) is 3.37. The van der Waals surface area contributed by atoms with E-state index in [-0.39, 0.29) is 21.8 Å². The maximum atomic E-state index is 15.3.